The van der Waals surface area contributed by atoms with Crippen LogP contribution in [0.15, 0.2) is 35.6 Å². The number of carbonyl (C=O) groups excluding carboxylic acids is 1. The summed E-state index contributed by atoms with van der Waals surface area (Å²) in [5, 5.41) is 0.312. The van der Waals surface area contributed by atoms with Crippen molar-refractivity contribution >= 4 is 50.3 Å². The molecule has 1 N–H and O–H groups in total. The number of fused-ring (bicyclic) bond motifs is 1. The van der Waals surface area contributed by atoms with Crippen LogP contribution >= 0.6 is 11.6 Å². The highest BCUT2D eigenvalue weighted by atomic mass is 35.5. The quantitative estimate of drug-likeness (QED) is 0.500. The normalized spacial score (nSPS) is 20.1. The zero-order chi connectivity index (χ0) is 26.3. The van der Waals surface area contributed by atoms with Crippen molar-refractivity contribution in [3.8, 4) is 0 Å². The number of carbonyl (C=O) groups is 1. The Bertz CT molecular complexity index is 1400. The van der Waals surface area contributed by atoms with Crippen LogP contribution in [0.25, 0.3) is 11.0 Å². The Kier molecular flexibility index (Phi) is 6.99. The number of rotatable bonds is 6. The number of benzene rings is 1. The third kappa shape index (κ3) is 5.23. The lowest BCUT2D eigenvalue weighted by atomic mass is 9.95. The number of hydrogen-bond acceptors (Lipinski definition) is 8. The summed E-state index contributed by atoms with van der Waals surface area (Å²) in [7, 11) is -0.117. The van der Waals surface area contributed by atoms with Gasteiger partial charge in [0, 0.05) is 57.5 Å². The maximum atomic E-state index is 13.3. The number of sulfonamides is 1. The Morgan fingerprint density at radius 2 is 1.92 bits per heavy atom. The first-order chi connectivity index (χ1) is 17.6. The molecule has 2 aliphatic rings. The fraction of sp³-hybridized carbons (Fsp3) is 0.500. The SMILES string of the molecule is C[C@@H]1CN(S(=O)(=O)c2nc3ccc(Cl)cc3[nH]2)CC(=O)N1CC1CCN(c2ccnc(N(C)C)n2)CC1. The minimum atomic E-state index is -3.95. The van der Waals surface area contributed by atoms with E-state index >= 15 is 0 Å². The Morgan fingerprint density at radius 1 is 1.16 bits per heavy atom. The van der Waals surface area contributed by atoms with Crippen molar-refractivity contribution in [2.75, 3.05) is 56.6 Å². The van der Waals surface area contributed by atoms with Gasteiger partial charge in [0.05, 0.1) is 17.6 Å². The summed E-state index contributed by atoms with van der Waals surface area (Å²) in [6.07, 6.45) is 3.64. The Morgan fingerprint density at radius 3 is 2.62 bits per heavy atom. The Balaban J connectivity index is 1.21. The number of H-pyrrole nitrogens is 1. The van der Waals surface area contributed by atoms with Crippen molar-refractivity contribution in [3.63, 3.8) is 0 Å². The van der Waals surface area contributed by atoms with Crippen molar-refractivity contribution in [2.45, 2.75) is 31.0 Å². The molecule has 2 aromatic heterocycles. The van der Waals surface area contributed by atoms with Gasteiger partial charge in [0.2, 0.25) is 17.0 Å². The molecule has 0 spiro atoms. The summed E-state index contributed by atoms with van der Waals surface area (Å²) in [5.41, 5.74) is 1.04. The van der Waals surface area contributed by atoms with Crippen LogP contribution in [0.4, 0.5) is 11.8 Å². The minimum Gasteiger partial charge on any atom is -0.356 e. The van der Waals surface area contributed by atoms with Crippen molar-refractivity contribution in [1.82, 2.24) is 29.1 Å². The molecule has 3 aromatic rings. The largest absolute Gasteiger partial charge is 0.356 e. The van der Waals surface area contributed by atoms with Gasteiger partial charge >= 0.3 is 0 Å². The van der Waals surface area contributed by atoms with Crippen molar-refractivity contribution < 1.29 is 13.2 Å². The summed E-state index contributed by atoms with van der Waals surface area (Å²) in [5.74, 6) is 1.75. The number of nitrogens with zero attached hydrogens (tertiary/aromatic N) is 7. The molecule has 37 heavy (non-hydrogen) atoms. The molecule has 0 radical (unpaired) electrons. The maximum absolute atomic E-state index is 13.3. The Hall–Kier alpha value is -2.96. The second kappa shape index (κ2) is 10.1. The first-order valence-electron chi connectivity index (χ1n) is 12.3. The summed E-state index contributed by atoms with van der Waals surface area (Å²) in [4.78, 5) is 35.1. The molecule has 0 aliphatic carbocycles. The number of anilines is 2. The molecular formula is C24H31ClN8O3S. The number of aromatic amines is 1. The lowest BCUT2D eigenvalue weighted by Crippen LogP contribution is -2.58. The zero-order valence-electron chi connectivity index (χ0n) is 21.1. The van der Waals surface area contributed by atoms with Gasteiger partial charge in [0.15, 0.2) is 0 Å². The fourth-order valence-corrected chi connectivity index (χ4v) is 6.53. The van der Waals surface area contributed by atoms with E-state index in [-0.39, 0.29) is 30.2 Å². The molecule has 2 aliphatic heterocycles. The molecule has 0 unspecified atom stereocenters. The first-order valence-corrected chi connectivity index (χ1v) is 14.1. The molecule has 0 bridgehead atoms. The average Bonchev–Trinajstić information content (AvgIpc) is 3.31. The number of hydrogen-bond donors (Lipinski definition) is 1. The molecule has 4 heterocycles. The number of piperidine rings is 1. The van der Waals surface area contributed by atoms with E-state index < -0.39 is 10.0 Å². The van der Waals surface area contributed by atoms with E-state index in [2.05, 4.69) is 24.8 Å². The second-order valence-corrected chi connectivity index (χ2v) is 12.2. The number of piperazine rings is 1. The molecule has 1 atom stereocenters. The molecule has 2 fully saturated rings. The van der Waals surface area contributed by atoms with Crippen LogP contribution < -0.4 is 9.80 Å². The van der Waals surface area contributed by atoms with E-state index in [0.29, 0.717) is 34.5 Å². The number of imidazole rings is 1. The van der Waals surface area contributed by atoms with Crippen LogP contribution in [0.3, 0.4) is 0 Å². The van der Waals surface area contributed by atoms with E-state index in [0.717, 1.165) is 31.7 Å². The highest BCUT2D eigenvalue weighted by molar-refractivity contribution is 7.89. The number of amides is 1. The number of aromatic nitrogens is 4. The molecule has 1 aromatic carbocycles. The molecule has 0 saturated carbocycles. The smallest absolute Gasteiger partial charge is 0.277 e. The average molecular weight is 547 g/mol. The van der Waals surface area contributed by atoms with Crippen LogP contribution in [-0.2, 0) is 14.8 Å². The van der Waals surface area contributed by atoms with E-state index in [1.165, 1.54) is 4.31 Å². The predicted molar refractivity (Wildman–Crippen MR) is 142 cm³/mol. The van der Waals surface area contributed by atoms with Gasteiger partial charge in [-0.15, -0.1) is 0 Å². The Labute approximate surface area is 221 Å². The monoisotopic (exact) mass is 546 g/mol. The molecule has 2 saturated heterocycles. The lowest BCUT2D eigenvalue weighted by Gasteiger charge is -2.41. The summed E-state index contributed by atoms with van der Waals surface area (Å²) >= 11 is 6.01. The van der Waals surface area contributed by atoms with E-state index in [4.69, 9.17) is 11.6 Å². The summed E-state index contributed by atoms with van der Waals surface area (Å²) in [6, 6.07) is 6.64. The van der Waals surface area contributed by atoms with Crippen LogP contribution in [0, 0.1) is 5.92 Å². The van der Waals surface area contributed by atoms with Crippen LogP contribution in [0.2, 0.25) is 5.02 Å². The van der Waals surface area contributed by atoms with Gasteiger partial charge < -0.3 is 19.7 Å². The van der Waals surface area contributed by atoms with Crippen molar-refractivity contribution in [1.29, 1.82) is 0 Å². The third-order valence-electron chi connectivity index (χ3n) is 7.06. The van der Waals surface area contributed by atoms with Crippen molar-refractivity contribution in [3.05, 3.63) is 35.5 Å². The van der Waals surface area contributed by atoms with Crippen LogP contribution in [-0.4, -0.2) is 96.3 Å². The van der Waals surface area contributed by atoms with Gasteiger partial charge in [0.25, 0.3) is 10.0 Å². The zero-order valence-corrected chi connectivity index (χ0v) is 22.7. The van der Waals surface area contributed by atoms with Gasteiger partial charge in [0.1, 0.15) is 5.82 Å². The summed E-state index contributed by atoms with van der Waals surface area (Å²) in [6.45, 7) is 4.24. The molecule has 1 amide bonds. The van der Waals surface area contributed by atoms with Crippen molar-refractivity contribution in [2.24, 2.45) is 5.92 Å². The van der Waals surface area contributed by atoms with Crippen LogP contribution in [0.1, 0.15) is 19.8 Å². The van der Waals surface area contributed by atoms with E-state index in [1.807, 2.05) is 36.9 Å². The first kappa shape index (κ1) is 25.7. The van der Waals surface area contributed by atoms with Gasteiger partial charge in [-0.2, -0.15) is 9.29 Å². The van der Waals surface area contributed by atoms with Gasteiger partial charge in [-0.3, -0.25) is 4.79 Å². The van der Waals surface area contributed by atoms with Crippen LogP contribution in [0.5, 0.6) is 0 Å². The minimum absolute atomic E-state index is 0.173. The third-order valence-corrected chi connectivity index (χ3v) is 8.94. The van der Waals surface area contributed by atoms with Gasteiger partial charge in [-0.05, 0) is 49.9 Å². The predicted octanol–water partition coefficient (Wildman–Crippen LogP) is 2.21. The van der Waals surface area contributed by atoms with E-state index in [1.54, 1.807) is 24.4 Å². The topological polar surface area (TPSA) is 119 Å². The highest BCUT2D eigenvalue weighted by Gasteiger charge is 2.39. The standard InChI is InChI=1S/C24H31ClN8O3S/c1-16-13-32(37(35,36)24-27-19-5-4-18(25)12-20(19)28-24)15-22(34)33(16)14-17-7-10-31(11-8-17)21-6-9-26-23(29-21)30(2)3/h4-6,9,12,16-17H,7-8,10-11,13-15H2,1-3H3,(H,27,28)/t16-/m1/s1. The second-order valence-electron chi connectivity index (χ2n) is 9.94. The van der Waals surface area contributed by atoms with E-state index in [9.17, 15) is 13.2 Å². The molecule has 198 valence electrons. The fourth-order valence-electron chi connectivity index (χ4n) is 4.97. The molecular weight excluding hydrogens is 516 g/mol. The molecule has 5 rings (SSSR count). The van der Waals surface area contributed by atoms with Gasteiger partial charge in [-0.25, -0.2) is 18.4 Å². The number of nitrogens with one attached hydrogen (secondary N) is 1. The summed E-state index contributed by atoms with van der Waals surface area (Å²) < 4.78 is 27.8. The highest BCUT2D eigenvalue weighted by Crippen LogP contribution is 2.27. The molecule has 11 nitrogen and oxygen atoms in total. The molecule has 13 heteroatoms. The lowest BCUT2D eigenvalue weighted by molar-refractivity contribution is -0.137. The van der Waals surface area contributed by atoms with Gasteiger partial charge in [-0.1, -0.05) is 11.6 Å². The maximum Gasteiger partial charge on any atom is 0.277 e. The number of halogens is 1.